The number of hydrogen-bond acceptors (Lipinski definition) is 0. The molecule has 28 heavy (non-hydrogen) atoms. The Balaban J connectivity index is 3.37. The van der Waals surface area contributed by atoms with Crippen molar-refractivity contribution in [1.82, 2.24) is 0 Å². The molecule has 0 amide bonds. The average Bonchev–Trinajstić information content (AvgIpc) is 2.67. The molecule has 0 atom stereocenters. The second kappa shape index (κ2) is 11.6. The third-order valence-electron chi connectivity index (χ3n) is 4.97. The summed E-state index contributed by atoms with van der Waals surface area (Å²) in [6.07, 6.45) is 9.11. The molecule has 0 heterocycles. The maximum absolute atomic E-state index is 15.4. The van der Waals surface area contributed by atoms with Crippen molar-refractivity contribution in [3.8, 4) is 0 Å². The molecule has 0 unspecified atom stereocenters. The summed E-state index contributed by atoms with van der Waals surface area (Å²) in [5.41, 5.74) is 5.09. The van der Waals surface area contributed by atoms with Crippen molar-refractivity contribution >= 4 is 5.57 Å². The molecule has 0 N–H and O–H groups in total. The molecule has 1 rings (SSSR count). The smallest absolute Gasteiger partial charge is 0.137 e. The zero-order chi connectivity index (χ0) is 21.3. The molecule has 0 spiro atoms. The maximum atomic E-state index is 15.4. The van der Waals surface area contributed by atoms with Gasteiger partial charge in [-0.15, -0.1) is 0 Å². The van der Waals surface area contributed by atoms with E-state index in [1.165, 1.54) is 12.5 Å². The van der Waals surface area contributed by atoms with E-state index in [9.17, 15) is 4.39 Å². The van der Waals surface area contributed by atoms with E-state index in [0.717, 1.165) is 36.0 Å². The van der Waals surface area contributed by atoms with Gasteiger partial charge in [-0.3, -0.25) is 0 Å². The van der Waals surface area contributed by atoms with Crippen LogP contribution in [0.3, 0.4) is 0 Å². The van der Waals surface area contributed by atoms with E-state index in [4.69, 9.17) is 0 Å². The molecular formula is C26H34F2. The fourth-order valence-corrected chi connectivity index (χ4v) is 3.24. The molecule has 0 fully saturated rings. The topological polar surface area (TPSA) is 0 Å². The molecule has 0 aliphatic heterocycles. The lowest BCUT2D eigenvalue weighted by molar-refractivity contribution is 0.620. The van der Waals surface area contributed by atoms with Crippen LogP contribution >= 0.6 is 0 Å². The molecular weight excluding hydrogens is 350 g/mol. The zero-order valence-corrected chi connectivity index (χ0v) is 18.4. The van der Waals surface area contributed by atoms with Gasteiger partial charge in [0.15, 0.2) is 0 Å². The van der Waals surface area contributed by atoms with Crippen molar-refractivity contribution in [2.24, 2.45) is 0 Å². The normalized spacial score (nSPS) is 15.4. The van der Waals surface area contributed by atoms with Crippen molar-refractivity contribution in [3.05, 3.63) is 87.6 Å². The molecule has 0 aliphatic carbocycles. The van der Waals surface area contributed by atoms with E-state index in [1.807, 2.05) is 70.2 Å². The quantitative estimate of drug-likeness (QED) is 0.393. The Bertz CT molecular complexity index is 808. The highest BCUT2D eigenvalue weighted by molar-refractivity contribution is 5.80. The number of aryl methyl sites for hydroxylation is 1. The van der Waals surface area contributed by atoms with E-state index in [-0.39, 0.29) is 5.57 Å². The zero-order valence-electron chi connectivity index (χ0n) is 18.4. The second-order valence-electron chi connectivity index (χ2n) is 7.21. The van der Waals surface area contributed by atoms with E-state index < -0.39 is 11.7 Å². The summed E-state index contributed by atoms with van der Waals surface area (Å²) in [6.45, 7) is 13.0. The molecule has 0 radical (unpaired) electrons. The first-order valence-electron chi connectivity index (χ1n) is 10.1. The van der Waals surface area contributed by atoms with Gasteiger partial charge in [0.25, 0.3) is 0 Å². The summed E-state index contributed by atoms with van der Waals surface area (Å²) in [4.78, 5) is 0. The molecule has 0 aromatic heterocycles. The number of unbranched alkanes of at least 4 members (excludes halogenated alkanes) is 1. The van der Waals surface area contributed by atoms with Gasteiger partial charge < -0.3 is 0 Å². The molecule has 0 saturated heterocycles. The van der Waals surface area contributed by atoms with Crippen LogP contribution in [0.25, 0.3) is 5.57 Å². The van der Waals surface area contributed by atoms with Crippen molar-refractivity contribution in [3.63, 3.8) is 0 Å². The van der Waals surface area contributed by atoms with Gasteiger partial charge in [0, 0.05) is 5.57 Å². The van der Waals surface area contributed by atoms with Crippen LogP contribution in [0.1, 0.15) is 72.4 Å². The van der Waals surface area contributed by atoms with Crippen molar-refractivity contribution in [1.29, 1.82) is 0 Å². The van der Waals surface area contributed by atoms with Crippen LogP contribution in [0.2, 0.25) is 0 Å². The first-order valence-corrected chi connectivity index (χ1v) is 10.1. The van der Waals surface area contributed by atoms with Gasteiger partial charge in [-0.25, -0.2) is 8.78 Å². The van der Waals surface area contributed by atoms with Gasteiger partial charge in [-0.2, -0.15) is 0 Å². The minimum Gasteiger partial charge on any atom is -0.211 e. The third kappa shape index (κ3) is 6.44. The van der Waals surface area contributed by atoms with Crippen molar-refractivity contribution in [2.45, 2.75) is 67.7 Å². The summed E-state index contributed by atoms with van der Waals surface area (Å²) in [5.74, 6) is -1.03. The molecule has 152 valence electrons. The van der Waals surface area contributed by atoms with Crippen LogP contribution in [0.4, 0.5) is 8.78 Å². The number of halogens is 2. The van der Waals surface area contributed by atoms with Crippen LogP contribution < -0.4 is 0 Å². The Morgan fingerprint density at radius 3 is 2.00 bits per heavy atom. The van der Waals surface area contributed by atoms with Crippen LogP contribution in [0.15, 0.2) is 76.4 Å². The van der Waals surface area contributed by atoms with Crippen molar-refractivity contribution < 1.29 is 8.78 Å². The molecule has 2 heteroatoms. The Kier molecular flexibility index (Phi) is 9.85. The fraction of sp³-hybridized carbons (Fsp3) is 0.385. The Morgan fingerprint density at radius 1 is 0.929 bits per heavy atom. The predicted molar refractivity (Wildman–Crippen MR) is 120 cm³/mol. The van der Waals surface area contributed by atoms with Crippen LogP contribution in [0.5, 0.6) is 0 Å². The summed E-state index contributed by atoms with van der Waals surface area (Å²) in [5, 5.41) is 0. The average molecular weight is 385 g/mol. The third-order valence-corrected chi connectivity index (χ3v) is 4.97. The predicted octanol–water partition coefficient (Wildman–Crippen LogP) is 8.83. The molecule has 0 nitrogen and oxygen atoms in total. The number of hydrogen-bond donors (Lipinski definition) is 0. The molecule has 1 aromatic carbocycles. The lowest BCUT2D eigenvalue weighted by atomic mass is 9.93. The summed E-state index contributed by atoms with van der Waals surface area (Å²) in [7, 11) is 0. The monoisotopic (exact) mass is 384 g/mol. The summed E-state index contributed by atoms with van der Waals surface area (Å²) >= 11 is 0. The van der Waals surface area contributed by atoms with E-state index in [2.05, 4.69) is 6.92 Å². The van der Waals surface area contributed by atoms with Gasteiger partial charge >= 0.3 is 0 Å². The Hall–Kier alpha value is -2.22. The number of benzene rings is 1. The second-order valence-corrected chi connectivity index (χ2v) is 7.21. The lowest BCUT2D eigenvalue weighted by Crippen LogP contribution is -1.97. The van der Waals surface area contributed by atoms with E-state index in [0.29, 0.717) is 11.1 Å². The highest BCUT2D eigenvalue weighted by Gasteiger charge is 2.17. The van der Waals surface area contributed by atoms with Gasteiger partial charge in [0.1, 0.15) is 11.7 Å². The highest BCUT2D eigenvalue weighted by Crippen LogP contribution is 2.34. The van der Waals surface area contributed by atoms with Gasteiger partial charge in [-0.1, -0.05) is 61.4 Å². The number of allylic oxidation sites excluding steroid dienone is 10. The van der Waals surface area contributed by atoms with Gasteiger partial charge in [0.05, 0.1) is 0 Å². The van der Waals surface area contributed by atoms with Crippen LogP contribution in [0, 0.1) is 0 Å². The molecule has 0 saturated carbocycles. The van der Waals surface area contributed by atoms with Gasteiger partial charge in [0.2, 0.25) is 0 Å². The maximum Gasteiger partial charge on any atom is 0.137 e. The SMILES string of the molecule is CC=C(C)C=C(C)C(=CC)C(C)=C(F)C(=C(C)F)c1ccc(CCCC)cc1. The highest BCUT2D eigenvalue weighted by atomic mass is 19.1. The minimum absolute atomic E-state index is 0.0365. The van der Waals surface area contributed by atoms with Gasteiger partial charge in [-0.05, 0) is 82.2 Å². The standard InChI is InChI=1S/C26H34F2/c1-8-11-12-22-13-15-23(16-14-22)25(21(7)27)26(28)20(6)24(10-3)19(5)17-18(4)9-2/h9-10,13-17H,8,11-12H2,1-7H3. The molecule has 1 aromatic rings. The summed E-state index contributed by atoms with van der Waals surface area (Å²) in [6, 6.07) is 7.57. The lowest BCUT2D eigenvalue weighted by Gasteiger charge is -2.14. The minimum atomic E-state index is -0.514. The summed E-state index contributed by atoms with van der Waals surface area (Å²) < 4.78 is 29.8. The Morgan fingerprint density at radius 2 is 1.54 bits per heavy atom. The first kappa shape index (κ1) is 23.8. The van der Waals surface area contributed by atoms with Crippen LogP contribution in [-0.4, -0.2) is 0 Å². The molecule has 0 aliphatic rings. The van der Waals surface area contributed by atoms with E-state index >= 15 is 4.39 Å². The van der Waals surface area contributed by atoms with E-state index in [1.54, 1.807) is 6.92 Å². The fourth-order valence-electron chi connectivity index (χ4n) is 3.24. The van der Waals surface area contributed by atoms with Crippen molar-refractivity contribution in [2.75, 3.05) is 0 Å². The Labute approximate surface area is 170 Å². The largest absolute Gasteiger partial charge is 0.211 e. The first-order chi connectivity index (χ1) is 13.3. The number of rotatable bonds is 8. The molecule has 0 bridgehead atoms. The van der Waals surface area contributed by atoms with Crippen LogP contribution in [-0.2, 0) is 6.42 Å².